The Morgan fingerprint density at radius 2 is 1.84 bits per heavy atom. The van der Waals surface area contributed by atoms with Crippen molar-refractivity contribution >= 4 is 15.8 Å². The maximum absolute atomic E-state index is 12.7. The molecule has 0 saturated heterocycles. The quantitative estimate of drug-likeness (QED) is 0.639. The fraction of sp³-hybridized carbons (Fsp3) is 0.300. The van der Waals surface area contributed by atoms with Crippen molar-refractivity contribution in [3.8, 4) is 0 Å². The Labute approximate surface area is 108 Å². The van der Waals surface area contributed by atoms with E-state index in [0.29, 0.717) is 6.07 Å². The van der Waals surface area contributed by atoms with Crippen molar-refractivity contribution in [3.05, 3.63) is 29.3 Å². The fourth-order valence-corrected chi connectivity index (χ4v) is 2.02. The summed E-state index contributed by atoms with van der Waals surface area (Å²) in [5.74, 6) is -0.293. The smallest absolute Gasteiger partial charge is 0.370 e. The molecule has 0 spiro atoms. The van der Waals surface area contributed by atoms with Gasteiger partial charge in [0.25, 0.3) is 0 Å². The molecule has 0 atom stereocenters. The van der Waals surface area contributed by atoms with Crippen LogP contribution in [0.4, 0.5) is 13.2 Å². The van der Waals surface area contributed by atoms with Crippen molar-refractivity contribution in [2.24, 2.45) is 16.5 Å². The molecule has 0 aliphatic carbocycles. The molecule has 0 aliphatic heterocycles. The average molecular weight is 295 g/mol. The van der Waals surface area contributed by atoms with Gasteiger partial charge in [0.1, 0.15) is 0 Å². The topological polar surface area (TPSA) is 98.5 Å². The Morgan fingerprint density at radius 1 is 1.26 bits per heavy atom. The number of hydrogen-bond donors (Lipinski definition) is 2. The molecule has 9 heteroatoms. The van der Waals surface area contributed by atoms with E-state index in [1.807, 2.05) is 0 Å². The van der Waals surface area contributed by atoms with Gasteiger partial charge in [-0.2, -0.15) is 13.2 Å². The van der Waals surface area contributed by atoms with Crippen LogP contribution in [0.25, 0.3) is 0 Å². The van der Waals surface area contributed by atoms with Crippen LogP contribution in [-0.2, 0) is 22.6 Å². The van der Waals surface area contributed by atoms with Gasteiger partial charge >= 0.3 is 6.18 Å². The van der Waals surface area contributed by atoms with Gasteiger partial charge in [-0.3, -0.25) is 0 Å². The van der Waals surface area contributed by atoms with Crippen molar-refractivity contribution in [1.82, 2.24) is 0 Å². The second-order valence-corrected chi connectivity index (χ2v) is 5.89. The maximum Gasteiger partial charge on any atom is 0.416 e. The Balaban J connectivity index is 3.37. The monoisotopic (exact) mass is 295 g/mol. The first kappa shape index (κ1) is 15.3. The Kier molecular flexibility index (Phi) is 4.09. The largest absolute Gasteiger partial charge is 0.416 e. The van der Waals surface area contributed by atoms with E-state index in [1.54, 1.807) is 0 Å². The normalized spacial score (nSPS) is 12.2. The van der Waals surface area contributed by atoms with Crippen LogP contribution >= 0.6 is 0 Å². The Bertz CT molecular complexity index is 605. The van der Waals surface area contributed by atoms with Crippen LogP contribution in [0.5, 0.6) is 0 Å². The third-order valence-corrected chi connectivity index (χ3v) is 3.26. The molecule has 0 fully saturated rings. The molecule has 0 aromatic heterocycles. The molecule has 1 aromatic carbocycles. The molecular formula is C10H12F3N3O2S. The number of nitrogens with two attached hydrogens (primary N) is 2. The van der Waals surface area contributed by atoms with Gasteiger partial charge in [0, 0.05) is 6.26 Å². The van der Waals surface area contributed by atoms with Gasteiger partial charge in [-0.25, -0.2) is 13.4 Å². The number of alkyl halides is 3. The number of rotatable bonds is 3. The van der Waals surface area contributed by atoms with Crippen LogP contribution in [0.3, 0.4) is 0 Å². The average Bonchev–Trinajstić information content (AvgIpc) is 2.23. The molecule has 5 nitrogen and oxygen atoms in total. The SMILES string of the molecule is CS(=O)(=O)c1cc(CN=C(N)N)cc(C(F)(F)F)c1. The van der Waals surface area contributed by atoms with E-state index in [0.717, 1.165) is 18.4 Å². The molecule has 0 aliphatic rings. The summed E-state index contributed by atoms with van der Waals surface area (Å²) in [5, 5.41) is 0. The summed E-state index contributed by atoms with van der Waals surface area (Å²) in [5.41, 5.74) is 9.15. The number of hydrogen-bond acceptors (Lipinski definition) is 3. The van der Waals surface area contributed by atoms with Crippen LogP contribution in [-0.4, -0.2) is 20.6 Å². The predicted molar refractivity (Wildman–Crippen MR) is 64.1 cm³/mol. The van der Waals surface area contributed by atoms with Crippen molar-refractivity contribution in [2.45, 2.75) is 17.6 Å². The third kappa shape index (κ3) is 4.43. The fourth-order valence-electron chi connectivity index (χ4n) is 1.31. The second-order valence-electron chi connectivity index (χ2n) is 3.88. The first-order chi connectivity index (χ1) is 8.50. The molecule has 0 amide bonds. The summed E-state index contributed by atoms with van der Waals surface area (Å²) in [6.45, 7) is -0.227. The standard InChI is InChI=1S/C10H12F3N3O2S/c1-19(17,18)8-3-6(5-16-9(14)15)2-7(4-8)10(11,12)13/h2-4H,5H2,1H3,(H4,14,15,16). The summed E-state index contributed by atoms with van der Waals surface area (Å²) in [6.07, 6.45) is -3.82. The van der Waals surface area contributed by atoms with Crippen molar-refractivity contribution < 1.29 is 21.6 Å². The highest BCUT2D eigenvalue weighted by molar-refractivity contribution is 7.90. The molecule has 4 N–H and O–H groups in total. The molecule has 1 rings (SSSR count). The molecule has 106 valence electrons. The maximum atomic E-state index is 12.7. The zero-order valence-corrected chi connectivity index (χ0v) is 10.7. The Hall–Kier alpha value is -1.77. The molecule has 0 radical (unpaired) electrons. The van der Waals surface area contributed by atoms with E-state index < -0.39 is 26.5 Å². The second kappa shape index (κ2) is 5.08. The van der Waals surface area contributed by atoms with Crippen LogP contribution in [0.1, 0.15) is 11.1 Å². The van der Waals surface area contributed by atoms with Gasteiger partial charge in [0.05, 0.1) is 17.0 Å². The van der Waals surface area contributed by atoms with Crippen molar-refractivity contribution in [3.63, 3.8) is 0 Å². The molecular weight excluding hydrogens is 283 g/mol. The molecule has 0 bridgehead atoms. The van der Waals surface area contributed by atoms with Gasteiger partial charge in [-0.15, -0.1) is 0 Å². The van der Waals surface area contributed by atoms with Crippen molar-refractivity contribution in [2.75, 3.05) is 6.26 Å². The van der Waals surface area contributed by atoms with Crippen molar-refractivity contribution in [1.29, 1.82) is 0 Å². The third-order valence-electron chi connectivity index (χ3n) is 2.17. The molecule has 0 unspecified atom stereocenters. The first-order valence-corrected chi connectivity index (χ1v) is 6.86. The minimum atomic E-state index is -4.65. The number of sulfone groups is 1. The van der Waals surface area contributed by atoms with E-state index in [9.17, 15) is 21.6 Å². The lowest BCUT2D eigenvalue weighted by atomic mass is 10.1. The van der Waals surface area contributed by atoms with E-state index in [2.05, 4.69) is 4.99 Å². The van der Waals surface area contributed by atoms with E-state index in [4.69, 9.17) is 11.5 Å². The Morgan fingerprint density at radius 3 is 2.26 bits per heavy atom. The van der Waals surface area contributed by atoms with E-state index in [-0.39, 0.29) is 18.1 Å². The summed E-state index contributed by atoms with van der Waals surface area (Å²) in [7, 11) is -3.76. The van der Waals surface area contributed by atoms with Gasteiger partial charge in [-0.1, -0.05) is 0 Å². The minimum absolute atomic E-state index is 0.0589. The number of benzene rings is 1. The number of halogens is 3. The lowest BCUT2D eigenvalue weighted by molar-refractivity contribution is -0.137. The lowest BCUT2D eigenvalue weighted by Gasteiger charge is -2.10. The summed E-state index contributed by atoms with van der Waals surface area (Å²) in [6, 6.07) is 2.49. The highest BCUT2D eigenvalue weighted by Gasteiger charge is 2.32. The van der Waals surface area contributed by atoms with Gasteiger partial charge in [0.2, 0.25) is 0 Å². The van der Waals surface area contributed by atoms with Gasteiger partial charge in [-0.05, 0) is 23.8 Å². The van der Waals surface area contributed by atoms with Crippen LogP contribution < -0.4 is 11.5 Å². The zero-order valence-electron chi connectivity index (χ0n) is 9.90. The van der Waals surface area contributed by atoms with Gasteiger partial charge < -0.3 is 11.5 Å². The molecule has 19 heavy (non-hydrogen) atoms. The lowest BCUT2D eigenvalue weighted by Crippen LogP contribution is -2.22. The zero-order chi connectivity index (χ0) is 14.8. The van der Waals surface area contributed by atoms with E-state index >= 15 is 0 Å². The van der Waals surface area contributed by atoms with E-state index in [1.165, 1.54) is 0 Å². The minimum Gasteiger partial charge on any atom is -0.370 e. The van der Waals surface area contributed by atoms with Crippen LogP contribution in [0, 0.1) is 0 Å². The number of aliphatic imine (C=N–C) groups is 1. The summed E-state index contributed by atoms with van der Waals surface area (Å²) in [4.78, 5) is 3.12. The molecule has 1 aromatic rings. The first-order valence-electron chi connectivity index (χ1n) is 4.97. The number of guanidine groups is 1. The van der Waals surface area contributed by atoms with Crippen LogP contribution in [0.2, 0.25) is 0 Å². The molecule has 0 heterocycles. The predicted octanol–water partition coefficient (Wildman–Crippen LogP) is 0.882. The highest BCUT2D eigenvalue weighted by Crippen LogP contribution is 2.31. The van der Waals surface area contributed by atoms with Crippen LogP contribution in [0.15, 0.2) is 28.1 Å². The number of nitrogens with zero attached hydrogens (tertiary/aromatic N) is 1. The highest BCUT2D eigenvalue weighted by atomic mass is 32.2. The summed E-state index contributed by atoms with van der Waals surface area (Å²) < 4.78 is 60.7. The molecule has 0 saturated carbocycles. The van der Waals surface area contributed by atoms with Gasteiger partial charge in [0.15, 0.2) is 15.8 Å². The summed E-state index contributed by atoms with van der Waals surface area (Å²) >= 11 is 0.